The van der Waals surface area contributed by atoms with Crippen molar-refractivity contribution in [1.29, 1.82) is 0 Å². The Morgan fingerprint density at radius 3 is 2.89 bits per heavy atom. The van der Waals surface area contributed by atoms with Crippen molar-refractivity contribution in [2.75, 3.05) is 31.6 Å². The number of nitrogens with one attached hydrogen (secondary N) is 2. The number of morpholine rings is 1. The lowest BCUT2D eigenvalue weighted by Gasteiger charge is -2.25. The molecule has 0 unspecified atom stereocenters. The van der Waals surface area contributed by atoms with E-state index in [-0.39, 0.29) is 5.56 Å². The highest BCUT2D eigenvalue weighted by molar-refractivity contribution is 9.10. The largest absolute Gasteiger partial charge is 0.379 e. The van der Waals surface area contributed by atoms with Gasteiger partial charge in [0.15, 0.2) is 0 Å². The molecule has 0 bridgehead atoms. The lowest BCUT2D eigenvalue weighted by Crippen LogP contribution is -2.35. The van der Waals surface area contributed by atoms with E-state index in [0.29, 0.717) is 10.2 Å². The topological polar surface area (TPSA) is 70.2 Å². The Labute approximate surface area is 163 Å². The molecule has 1 saturated heterocycles. The fourth-order valence-corrected chi connectivity index (χ4v) is 3.42. The highest BCUT2D eigenvalue weighted by Crippen LogP contribution is 2.21. The van der Waals surface area contributed by atoms with Crippen LogP contribution in [0.2, 0.25) is 0 Å². The number of hydrogen-bond acceptors (Lipinski definition) is 4. The van der Waals surface area contributed by atoms with E-state index in [1.54, 1.807) is 18.2 Å². The maximum atomic E-state index is 13.9. The number of amides is 1. The molecule has 0 saturated carbocycles. The molecule has 0 aliphatic carbocycles. The maximum absolute atomic E-state index is 13.9. The van der Waals surface area contributed by atoms with Crippen molar-refractivity contribution in [3.63, 3.8) is 0 Å². The van der Waals surface area contributed by atoms with E-state index in [2.05, 4.69) is 36.1 Å². The summed E-state index contributed by atoms with van der Waals surface area (Å²) >= 11 is 3.25. The van der Waals surface area contributed by atoms with Crippen molar-refractivity contribution in [2.24, 2.45) is 0 Å². The van der Waals surface area contributed by atoms with Gasteiger partial charge < -0.3 is 15.0 Å². The van der Waals surface area contributed by atoms with Gasteiger partial charge in [-0.3, -0.25) is 9.69 Å². The molecular formula is C19H18BrFN4O2. The van der Waals surface area contributed by atoms with Crippen LogP contribution in [0.25, 0.3) is 11.0 Å². The van der Waals surface area contributed by atoms with Crippen molar-refractivity contribution < 1.29 is 13.9 Å². The molecular weight excluding hydrogens is 415 g/mol. The van der Waals surface area contributed by atoms with Gasteiger partial charge in [-0.1, -0.05) is 15.9 Å². The molecule has 8 heteroatoms. The molecule has 1 fully saturated rings. The number of anilines is 1. The average Bonchev–Trinajstić information content (AvgIpc) is 3.06. The van der Waals surface area contributed by atoms with E-state index < -0.39 is 11.7 Å². The van der Waals surface area contributed by atoms with E-state index in [9.17, 15) is 9.18 Å². The quantitative estimate of drug-likeness (QED) is 0.661. The van der Waals surface area contributed by atoms with Gasteiger partial charge in [0.25, 0.3) is 5.91 Å². The molecule has 2 N–H and O–H groups in total. The summed E-state index contributed by atoms with van der Waals surface area (Å²) in [6, 6.07) is 9.67. The predicted molar refractivity (Wildman–Crippen MR) is 104 cm³/mol. The minimum absolute atomic E-state index is 0.0120. The Morgan fingerprint density at radius 2 is 2.07 bits per heavy atom. The first kappa shape index (κ1) is 18.1. The highest BCUT2D eigenvalue weighted by Gasteiger charge is 2.15. The molecule has 27 heavy (non-hydrogen) atoms. The summed E-state index contributed by atoms with van der Waals surface area (Å²) in [5.74, 6) is -0.194. The van der Waals surface area contributed by atoms with E-state index in [0.717, 1.165) is 49.7 Å². The second-order valence-corrected chi connectivity index (χ2v) is 7.30. The van der Waals surface area contributed by atoms with Crippen LogP contribution < -0.4 is 5.32 Å². The van der Waals surface area contributed by atoms with Gasteiger partial charge in [0.2, 0.25) is 0 Å². The van der Waals surface area contributed by atoms with Gasteiger partial charge in [0, 0.05) is 23.2 Å². The first-order chi connectivity index (χ1) is 13.1. The fraction of sp³-hybridized carbons (Fsp3) is 0.263. The number of H-pyrrole nitrogens is 1. The average molecular weight is 433 g/mol. The third-order valence-corrected chi connectivity index (χ3v) is 4.93. The van der Waals surface area contributed by atoms with Gasteiger partial charge >= 0.3 is 0 Å². The van der Waals surface area contributed by atoms with Crippen molar-refractivity contribution in [3.8, 4) is 0 Å². The zero-order valence-corrected chi connectivity index (χ0v) is 16.1. The van der Waals surface area contributed by atoms with Crippen LogP contribution in [0.3, 0.4) is 0 Å². The second kappa shape index (κ2) is 7.75. The Hall–Kier alpha value is -2.29. The van der Waals surface area contributed by atoms with Gasteiger partial charge in [-0.15, -0.1) is 0 Å². The molecule has 3 aromatic rings. The van der Waals surface area contributed by atoms with Crippen LogP contribution in [0, 0.1) is 5.82 Å². The van der Waals surface area contributed by atoms with Gasteiger partial charge in [0.1, 0.15) is 11.6 Å². The summed E-state index contributed by atoms with van der Waals surface area (Å²) in [5, 5.41) is 2.73. The summed E-state index contributed by atoms with van der Waals surface area (Å²) < 4.78 is 19.9. The number of benzene rings is 2. The van der Waals surface area contributed by atoms with E-state index in [4.69, 9.17) is 4.74 Å². The monoisotopic (exact) mass is 432 g/mol. The minimum atomic E-state index is -0.564. The molecule has 1 aliphatic rings. The number of rotatable bonds is 4. The number of ether oxygens (including phenoxy) is 1. The van der Waals surface area contributed by atoms with Crippen molar-refractivity contribution >= 4 is 38.6 Å². The number of hydrogen-bond donors (Lipinski definition) is 2. The molecule has 0 radical (unpaired) electrons. The lowest BCUT2D eigenvalue weighted by atomic mass is 10.2. The number of imidazole rings is 1. The third kappa shape index (κ3) is 4.18. The van der Waals surface area contributed by atoms with Gasteiger partial charge in [-0.2, -0.15) is 0 Å². The standard InChI is InChI=1S/C19H18BrFN4O2/c20-12-1-3-15(21)14(9-12)19(26)22-13-2-4-16-17(10-13)24-18(23-16)11-25-5-7-27-8-6-25/h1-4,9-10H,5-8,11H2,(H,22,26)(H,23,24). The number of aromatic nitrogens is 2. The van der Waals surface area contributed by atoms with Crippen molar-refractivity contribution in [3.05, 3.63) is 58.1 Å². The Kier molecular flexibility index (Phi) is 5.20. The lowest BCUT2D eigenvalue weighted by molar-refractivity contribution is 0.0332. The number of fused-ring (bicyclic) bond motifs is 1. The van der Waals surface area contributed by atoms with Crippen LogP contribution in [0.5, 0.6) is 0 Å². The molecule has 6 nitrogen and oxygen atoms in total. The summed E-state index contributed by atoms with van der Waals surface area (Å²) in [6.45, 7) is 3.97. The molecule has 0 spiro atoms. The molecule has 140 valence electrons. The van der Waals surface area contributed by atoms with E-state index in [1.807, 2.05) is 6.07 Å². The predicted octanol–water partition coefficient (Wildman–Crippen LogP) is 3.55. The number of nitrogens with zero attached hydrogens (tertiary/aromatic N) is 2. The molecule has 1 aliphatic heterocycles. The number of aromatic amines is 1. The van der Waals surface area contributed by atoms with Crippen LogP contribution in [0.4, 0.5) is 10.1 Å². The maximum Gasteiger partial charge on any atom is 0.258 e. The molecule has 1 amide bonds. The number of halogens is 2. The number of carbonyl (C=O) groups excluding carboxylic acids is 1. The number of carbonyl (C=O) groups is 1. The van der Waals surface area contributed by atoms with E-state index in [1.165, 1.54) is 12.1 Å². The van der Waals surface area contributed by atoms with Gasteiger partial charge in [-0.05, 0) is 36.4 Å². The molecule has 2 heterocycles. The first-order valence-corrected chi connectivity index (χ1v) is 9.43. The van der Waals surface area contributed by atoms with Gasteiger partial charge in [-0.25, -0.2) is 9.37 Å². The van der Waals surface area contributed by atoms with Crippen LogP contribution in [-0.2, 0) is 11.3 Å². The van der Waals surface area contributed by atoms with Crippen LogP contribution in [0.15, 0.2) is 40.9 Å². The van der Waals surface area contributed by atoms with Crippen molar-refractivity contribution in [2.45, 2.75) is 6.54 Å². The SMILES string of the molecule is O=C(Nc1ccc2nc(CN3CCOCC3)[nH]c2c1)c1cc(Br)ccc1F. The van der Waals surface area contributed by atoms with Gasteiger partial charge in [0.05, 0.1) is 36.4 Å². The second-order valence-electron chi connectivity index (χ2n) is 6.38. The zero-order valence-electron chi connectivity index (χ0n) is 14.5. The van der Waals surface area contributed by atoms with Crippen molar-refractivity contribution in [1.82, 2.24) is 14.9 Å². The summed E-state index contributed by atoms with van der Waals surface area (Å²) in [5.41, 5.74) is 2.21. The van der Waals surface area contributed by atoms with E-state index >= 15 is 0 Å². The molecule has 1 aromatic heterocycles. The summed E-state index contributed by atoms with van der Waals surface area (Å²) in [7, 11) is 0. The first-order valence-electron chi connectivity index (χ1n) is 8.63. The van der Waals surface area contributed by atoms with Crippen LogP contribution >= 0.6 is 15.9 Å². The fourth-order valence-electron chi connectivity index (χ4n) is 3.06. The molecule has 4 rings (SSSR count). The normalized spacial score (nSPS) is 15.2. The minimum Gasteiger partial charge on any atom is -0.379 e. The van der Waals surface area contributed by atoms with Crippen LogP contribution in [0.1, 0.15) is 16.2 Å². The Bertz CT molecular complexity index is 985. The van der Waals surface area contributed by atoms with Crippen LogP contribution in [-0.4, -0.2) is 47.1 Å². The highest BCUT2D eigenvalue weighted by atomic mass is 79.9. The summed E-state index contributed by atoms with van der Waals surface area (Å²) in [4.78, 5) is 22.5. The Balaban J connectivity index is 1.51. The third-order valence-electron chi connectivity index (χ3n) is 4.44. The smallest absolute Gasteiger partial charge is 0.258 e. The summed E-state index contributed by atoms with van der Waals surface area (Å²) in [6.07, 6.45) is 0. The Morgan fingerprint density at radius 1 is 1.26 bits per heavy atom. The molecule has 2 aromatic carbocycles. The molecule has 0 atom stereocenters. The zero-order chi connectivity index (χ0) is 18.8.